The molecule has 0 saturated heterocycles. The largest absolute Gasteiger partial charge is 0.330 e. The highest BCUT2D eigenvalue weighted by Gasteiger charge is 2.06. The summed E-state index contributed by atoms with van der Waals surface area (Å²) in [7, 11) is 0. The minimum absolute atomic E-state index is 0.392. The van der Waals surface area contributed by atoms with E-state index in [4.69, 9.17) is 5.73 Å². The first-order valence-electron chi connectivity index (χ1n) is 4.86. The third kappa shape index (κ3) is 1.49. The molecule has 1 aromatic carbocycles. The molecule has 0 radical (unpaired) electrons. The first-order chi connectivity index (χ1) is 6.83. The van der Waals surface area contributed by atoms with E-state index >= 15 is 0 Å². The van der Waals surface area contributed by atoms with Crippen molar-refractivity contribution in [1.29, 1.82) is 0 Å². The second kappa shape index (κ2) is 3.76. The van der Waals surface area contributed by atoms with E-state index in [1.807, 2.05) is 24.4 Å². The van der Waals surface area contributed by atoms with Crippen LogP contribution in [0.3, 0.4) is 0 Å². The van der Waals surface area contributed by atoms with Crippen LogP contribution in [0.5, 0.6) is 0 Å². The highest BCUT2D eigenvalue weighted by Crippen LogP contribution is 2.23. The Bertz CT molecular complexity index is 432. The van der Waals surface area contributed by atoms with Crippen molar-refractivity contribution in [2.45, 2.75) is 12.8 Å². The minimum Gasteiger partial charge on any atom is -0.330 e. The predicted octanol–water partition coefficient (Wildman–Crippen LogP) is 2.30. The van der Waals surface area contributed by atoms with Gasteiger partial charge in [-0.05, 0) is 30.2 Å². The second-order valence-corrected chi connectivity index (χ2v) is 3.55. The van der Waals surface area contributed by atoms with E-state index < -0.39 is 0 Å². The molecule has 1 heterocycles. The number of rotatable bonds is 2. The Morgan fingerprint density at radius 3 is 2.93 bits per heavy atom. The van der Waals surface area contributed by atoms with Crippen molar-refractivity contribution in [2.75, 3.05) is 6.54 Å². The molecule has 2 nitrogen and oxygen atoms in total. The summed E-state index contributed by atoms with van der Waals surface area (Å²) >= 11 is 0. The molecule has 0 saturated carbocycles. The van der Waals surface area contributed by atoms with Gasteiger partial charge in [0.05, 0.1) is 5.52 Å². The number of pyridine rings is 1. The number of benzene rings is 1. The van der Waals surface area contributed by atoms with Gasteiger partial charge in [-0.3, -0.25) is 4.98 Å². The van der Waals surface area contributed by atoms with Crippen LogP contribution in [0.2, 0.25) is 0 Å². The molecule has 2 rings (SSSR count). The molecule has 0 unspecified atom stereocenters. The Morgan fingerprint density at radius 2 is 2.14 bits per heavy atom. The fraction of sp³-hybridized carbons (Fsp3) is 0.250. The number of hydrogen-bond donors (Lipinski definition) is 1. The Kier molecular flexibility index (Phi) is 2.46. The molecule has 0 amide bonds. The Labute approximate surface area is 83.8 Å². The van der Waals surface area contributed by atoms with Crippen LogP contribution in [-0.4, -0.2) is 11.5 Å². The van der Waals surface area contributed by atoms with Gasteiger partial charge < -0.3 is 5.73 Å². The van der Waals surface area contributed by atoms with E-state index in [2.05, 4.69) is 24.0 Å². The van der Waals surface area contributed by atoms with Crippen LogP contribution in [0.25, 0.3) is 10.9 Å². The molecule has 2 aromatic rings. The molecule has 0 aliphatic carbocycles. The van der Waals surface area contributed by atoms with E-state index in [1.54, 1.807) is 0 Å². The van der Waals surface area contributed by atoms with Crippen molar-refractivity contribution in [3.8, 4) is 0 Å². The molecule has 2 heteroatoms. The van der Waals surface area contributed by atoms with Gasteiger partial charge in [0.1, 0.15) is 0 Å². The van der Waals surface area contributed by atoms with Gasteiger partial charge in [0.25, 0.3) is 0 Å². The molecule has 2 N–H and O–H groups in total. The number of fused-ring (bicyclic) bond motifs is 1. The van der Waals surface area contributed by atoms with Crippen LogP contribution in [0.1, 0.15) is 18.4 Å². The summed E-state index contributed by atoms with van der Waals surface area (Å²) in [4.78, 5) is 4.32. The summed E-state index contributed by atoms with van der Waals surface area (Å²) in [6.07, 6.45) is 1.82. The normalized spacial score (nSPS) is 13.0. The number of nitrogens with two attached hydrogens (primary N) is 1. The molecule has 72 valence electrons. The van der Waals surface area contributed by atoms with E-state index in [1.165, 1.54) is 10.9 Å². The van der Waals surface area contributed by atoms with E-state index in [0.717, 1.165) is 5.52 Å². The van der Waals surface area contributed by atoms with Crippen molar-refractivity contribution in [3.63, 3.8) is 0 Å². The first-order valence-corrected chi connectivity index (χ1v) is 4.86. The van der Waals surface area contributed by atoms with Crippen LogP contribution in [0.15, 0.2) is 36.5 Å². The molecule has 0 bridgehead atoms. The van der Waals surface area contributed by atoms with Crippen LogP contribution >= 0.6 is 0 Å². The zero-order chi connectivity index (χ0) is 9.97. The average molecular weight is 186 g/mol. The van der Waals surface area contributed by atoms with Crippen LogP contribution in [0, 0.1) is 0 Å². The maximum Gasteiger partial charge on any atom is 0.0704 e. The van der Waals surface area contributed by atoms with Gasteiger partial charge >= 0.3 is 0 Å². The smallest absolute Gasteiger partial charge is 0.0704 e. The van der Waals surface area contributed by atoms with Gasteiger partial charge in [0.15, 0.2) is 0 Å². The maximum atomic E-state index is 5.67. The standard InChI is InChI=1S/C12H14N2/c1-9(8-13)10-4-2-6-12-11(10)5-3-7-14-12/h2-7,9H,8,13H2,1H3/t9-/m0/s1. The third-order valence-electron chi connectivity index (χ3n) is 2.56. The quantitative estimate of drug-likeness (QED) is 0.781. The Hall–Kier alpha value is -1.41. The van der Waals surface area contributed by atoms with Gasteiger partial charge in [0, 0.05) is 11.6 Å². The zero-order valence-electron chi connectivity index (χ0n) is 8.27. The van der Waals surface area contributed by atoms with E-state index in [0.29, 0.717) is 12.5 Å². The summed E-state index contributed by atoms with van der Waals surface area (Å²) < 4.78 is 0. The summed E-state index contributed by atoms with van der Waals surface area (Å²) in [6, 6.07) is 10.3. The Morgan fingerprint density at radius 1 is 1.29 bits per heavy atom. The molecule has 14 heavy (non-hydrogen) atoms. The highest BCUT2D eigenvalue weighted by molar-refractivity contribution is 5.82. The van der Waals surface area contributed by atoms with Gasteiger partial charge in [0.2, 0.25) is 0 Å². The Balaban J connectivity index is 2.65. The molecule has 1 aromatic heterocycles. The minimum atomic E-state index is 0.392. The van der Waals surface area contributed by atoms with E-state index in [9.17, 15) is 0 Å². The lowest BCUT2D eigenvalue weighted by molar-refractivity contribution is 0.780. The van der Waals surface area contributed by atoms with Crippen LogP contribution in [0.4, 0.5) is 0 Å². The van der Waals surface area contributed by atoms with Crippen LogP contribution < -0.4 is 5.73 Å². The molecular formula is C12H14N2. The number of hydrogen-bond acceptors (Lipinski definition) is 2. The highest BCUT2D eigenvalue weighted by atomic mass is 14.6. The SMILES string of the molecule is C[C@@H](CN)c1cccc2ncccc12. The maximum absolute atomic E-state index is 5.67. The van der Waals surface area contributed by atoms with E-state index in [-0.39, 0.29) is 0 Å². The topological polar surface area (TPSA) is 38.9 Å². The second-order valence-electron chi connectivity index (χ2n) is 3.55. The van der Waals surface area contributed by atoms with Gasteiger partial charge in [-0.2, -0.15) is 0 Å². The van der Waals surface area contributed by atoms with Crippen LogP contribution in [-0.2, 0) is 0 Å². The molecular weight excluding hydrogens is 172 g/mol. The molecule has 0 aliphatic rings. The molecule has 0 spiro atoms. The lowest BCUT2D eigenvalue weighted by atomic mass is 9.97. The third-order valence-corrected chi connectivity index (χ3v) is 2.56. The molecule has 0 fully saturated rings. The zero-order valence-corrected chi connectivity index (χ0v) is 8.27. The molecule has 1 atom stereocenters. The fourth-order valence-corrected chi connectivity index (χ4v) is 1.68. The summed E-state index contributed by atoms with van der Waals surface area (Å²) in [5.41, 5.74) is 8.01. The lowest BCUT2D eigenvalue weighted by Crippen LogP contribution is -2.09. The average Bonchev–Trinajstić information content (AvgIpc) is 2.27. The number of aromatic nitrogens is 1. The fourth-order valence-electron chi connectivity index (χ4n) is 1.68. The van der Waals surface area contributed by atoms with Gasteiger partial charge in [-0.25, -0.2) is 0 Å². The summed E-state index contributed by atoms with van der Waals surface area (Å²) in [5, 5.41) is 1.22. The summed E-state index contributed by atoms with van der Waals surface area (Å²) in [5.74, 6) is 0.392. The number of nitrogens with zero attached hydrogens (tertiary/aromatic N) is 1. The van der Waals surface area contributed by atoms with Gasteiger partial charge in [-0.1, -0.05) is 25.1 Å². The van der Waals surface area contributed by atoms with Crippen molar-refractivity contribution >= 4 is 10.9 Å². The van der Waals surface area contributed by atoms with Crippen molar-refractivity contribution in [3.05, 3.63) is 42.1 Å². The summed E-state index contributed by atoms with van der Waals surface area (Å²) in [6.45, 7) is 2.82. The first kappa shape index (κ1) is 9.16. The van der Waals surface area contributed by atoms with Crippen molar-refractivity contribution < 1.29 is 0 Å². The van der Waals surface area contributed by atoms with Gasteiger partial charge in [-0.15, -0.1) is 0 Å². The lowest BCUT2D eigenvalue weighted by Gasteiger charge is -2.11. The molecule has 0 aliphatic heterocycles. The monoisotopic (exact) mass is 186 g/mol. The predicted molar refractivity (Wildman–Crippen MR) is 59.2 cm³/mol. The van der Waals surface area contributed by atoms with Crippen molar-refractivity contribution in [1.82, 2.24) is 4.98 Å². The van der Waals surface area contributed by atoms with Crippen molar-refractivity contribution in [2.24, 2.45) is 5.73 Å².